The molecule has 5 rings (SSSR count). The van der Waals surface area contributed by atoms with Gasteiger partial charge in [-0.1, -0.05) is 30.3 Å². The van der Waals surface area contributed by atoms with E-state index in [2.05, 4.69) is 30.1 Å². The van der Waals surface area contributed by atoms with E-state index in [1.165, 1.54) is 0 Å². The van der Waals surface area contributed by atoms with Crippen LogP contribution >= 0.6 is 0 Å². The Morgan fingerprint density at radius 3 is 2.18 bits per heavy atom. The third-order valence-corrected chi connectivity index (χ3v) is 6.02. The number of ether oxygens (including phenoxy) is 1. The Morgan fingerprint density at radius 1 is 0.853 bits per heavy atom. The lowest BCUT2D eigenvalue weighted by Crippen LogP contribution is -2.25. The van der Waals surface area contributed by atoms with Gasteiger partial charge in [-0.25, -0.2) is 9.97 Å². The Morgan fingerprint density at radius 2 is 1.53 bits per heavy atom. The maximum absolute atomic E-state index is 10.9. The molecule has 0 saturated heterocycles. The van der Waals surface area contributed by atoms with Gasteiger partial charge in [-0.05, 0) is 43.7 Å². The van der Waals surface area contributed by atoms with Gasteiger partial charge in [0.05, 0.1) is 5.69 Å². The number of carbonyl (C=O) groups is 1. The van der Waals surface area contributed by atoms with Gasteiger partial charge in [-0.15, -0.1) is 10.2 Å². The lowest BCUT2D eigenvalue weighted by Gasteiger charge is -2.27. The number of aromatic amines is 1. The van der Waals surface area contributed by atoms with Gasteiger partial charge in [0.1, 0.15) is 6.10 Å². The molecular formula is C25H24N6O3. The monoisotopic (exact) mass is 456 g/mol. The minimum absolute atomic E-state index is 0.0241. The normalized spacial score (nSPS) is 17.9. The summed E-state index contributed by atoms with van der Waals surface area (Å²) >= 11 is 0. The number of rotatable bonds is 7. The van der Waals surface area contributed by atoms with Crippen LogP contribution in [0, 0.1) is 5.92 Å². The van der Waals surface area contributed by atoms with E-state index in [0.717, 1.165) is 48.1 Å². The van der Waals surface area contributed by atoms with Crippen LogP contribution in [0.1, 0.15) is 32.1 Å². The van der Waals surface area contributed by atoms with Gasteiger partial charge in [-0.3, -0.25) is 9.78 Å². The minimum atomic E-state index is -0.734. The first-order valence-corrected chi connectivity index (χ1v) is 11.3. The molecule has 9 heteroatoms. The smallest absolute Gasteiger partial charge is 0.316 e. The summed E-state index contributed by atoms with van der Waals surface area (Å²) in [4.78, 5) is 27.3. The van der Waals surface area contributed by atoms with E-state index < -0.39 is 5.97 Å². The Hall–Kier alpha value is -4.14. The van der Waals surface area contributed by atoms with Crippen molar-refractivity contribution >= 4 is 5.97 Å². The second-order valence-corrected chi connectivity index (χ2v) is 8.43. The average molecular weight is 457 g/mol. The van der Waals surface area contributed by atoms with Crippen LogP contribution < -0.4 is 4.74 Å². The Kier molecular flexibility index (Phi) is 6.24. The first-order valence-electron chi connectivity index (χ1n) is 11.3. The largest absolute Gasteiger partial charge is 0.481 e. The fourth-order valence-corrected chi connectivity index (χ4v) is 4.18. The number of H-pyrrole nitrogens is 1. The van der Waals surface area contributed by atoms with Crippen molar-refractivity contribution in [1.82, 2.24) is 30.1 Å². The summed E-state index contributed by atoms with van der Waals surface area (Å²) in [6.45, 7) is 0. The van der Waals surface area contributed by atoms with Crippen molar-refractivity contribution in [3.8, 4) is 40.0 Å². The maximum Gasteiger partial charge on any atom is 0.316 e. The number of nitrogens with zero attached hydrogens (tertiary/aromatic N) is 5. The van der Waals surface area contributed by atoms with Crippen molar-refractivity contribution in [2.45, 2.75) is 38.2 Å². The molecule has 1 aliphatic carbocycles. The second-order valence-electron chi connectivity index (χ2n) is 8.43. The zero-order valence-corrected chi connectivity index (χ0v) is 18.5. The number of hydrogen-bond donors (Lipinski definition) is 2. The fourth-order valence-electron chi connectivity index (χ4n) is 4.18. The number of carboxylic acid groups (broad SMARTS) is 1. The molecular weight excluding hydrogens is 432 g/mol. The molecule has 0 aliphatic heterocycles. The van der Waals surface area contributed by atoms with Crippen LogP contribution in [0.4, 0.5) is 0 Å². The number of carboxylic acids is 1. The van der Waals surface area contributed by atoms with Crippen LogP contribution in [0.3, 0.4) is 0 Å². The van der Waals surface area contributed by atoms with Crippen molar-refractivity contribution in [2.75, 3.05) is 0 Å². The molecule has 0 bridgehead atoms. The standard InChI is InChI=1S/C25H24N6O3/c32-22(33)12-16-6-9-20(10-7-16)34-25-27-14-19(15-28-25)21-11-8-18(13-26-21)24-29-23(30-31-24)17-4-2-1-3-5-17/h1-5,8,11,13-16,20H,6-7,9-10,12H2,(H,32,33)(H,29,30,31)/t16-,20+. The molecule has 0 amide bonds. The van der Waals surface area contributed by atoms with Crippen molar-refractivity contribution in [3.05, 3.63) is 61.1 Å². The summed E-state index contributed by atoms with van der Waals surface area (Å²) in [6.07, 6.45) is 8.73. The number of aromatic nitrogens is 6. The van der Waals surface area contributed by atoms with Gasteiger partial charge in [0.15, 0.2) is 11.6 Å². The second kappa shape index (κ2) is 9.78. The van der Waals surface area contributed by atoms with Crippen LogP contribution in [0.25, 0.3) is 34.0 Å². The average Bonchev–Trinajstić information content (AvgIpc) is 3.37. The van der Waals surface area contributed by atoms with Crippen LogP contribution in [0.2, 0.25) is 0 Å². The highest BCUT2D eigenvalue weighted by molar-refractivity contribution is 5.67. The van der Waals surface area contributed by atoms with Crippen molar-refractivity contribution in [1.29, 1.82) is 0 Å². The molecule has 3 heterocycles. The highest BCUT2D eigenvalue weighted by atomic mass is 16.5. The molecule has 0 unspecified atom stereocenters. The topological polar surface area (TPSA) is 127 Å². The van der Waals surface area contributed by atoms with Gasteiger partial charge in [0.25, 0.3) is 0 Å². The summed E-state index contributed by atoms with van der Waals surface area (Å²) in [7, 11) is 0. The molecule has 4 aromatic rings. The van der Waals surface area contributed by atoms with Crippen LogP contribution in [0.5, 0.6) is 6.01 Å². The van der Waals surface area contributed by atoms with Gasteiger partial charge in [-0.2, -0.15) is 0 Å². The third kappa shape index (κ3) is 5.09. The van der Waals surface area contributed by atoms with Gasteiger partial charge < -0.3 is 14.8 Å². The Labute approximate surface area is 196 Å². The number of benzene rings is 1. The van der Waals surface area contributed by atoms with Crippen LogP contribution in [-0.2, 0) is 4.79 Å². The lowest BCUT2D eigenvalue weighted by molar-refractivity contribution is -0.138. The summed E-state index contributed by atoms with van der Waals surface area (Å²) < 4.78 is 5.91. The molecule has 9 nitrogen and oxygen atoms in total. The first kappa shape index (κ1) is 21.7. The van der Waals surface area contributed by atoms with E-state index in [9.17, 15) is 4.79 Å². The molecule has 3 aromatic heterocycles. The van der Waals surface area contributed by atoms with E-state index in [-0.39, 0.29) is 18.4 Å². The van der Waals surface area contributed by atoms with Crippen molar-refractivity contribution in [3.63, 3.8) is 0 Å². The summed E-state index contributed by atoms with van der Waals surface area (Å²) in [5.74, 6) is 0.856. The molecule has 1 fully saturated rings. The zero-order chi connectivity index (χ0) is 23.3. The molecule has 172 valence electrons. The molecule has 0 atom stereocenters. The first-order chi connectivity index (χ1) is 16.6. The number of pyridine rings is 1. The summed E-state index contributed by atoms with van der Waals surface area (Å²) in [6, 6.07) is 14.0. The van der Waals surface area contributed by atoms with E-state index >= 15 is 0 Å². The lowest BCUT2D eigenvalue weighted by atomic mass is 9.85. The molecule has 1 aromatic carbocycles. The predicted molar refractivity (Wildman–Crippen MR) is 125 cm³/mol. The summed E-state index contributed by atoms with van der Waals surface area (Å²) in [5.41, 5.74) is 3.33. The van der Waals surface area contributed by atoms with Crippen molar-refractivity contribution in [2.24, 2.45) is 5.92 Å². The van der Waals surface area contributed by atoms with Crippen LogP contribution in [0.15, 0.2) is 61.1 Å². The highest BCUT2D eigenvalue weighted by Gasteiger charge is 2.24. The van der Waals surface area contributed by atoms with Gasteiger partial charge in [0.2, 0.25) is 0 Å². The van der Waals surface area contributed by atoms with E-state index in [0.29, 0.717) is 17.7 Å². The molecule has 0 radical (unpaired) electrons. The minimum Gasteiger partial charge on any atom is -0.481 e. The van der Waals surface area contributed by atoms with Crippen molar-refractivity contribution < 1.29 is 14.6 Å². The zero-order valence-electron chi connectivity index (χ0n) is 18.5. The number of nitrogens with one attached hydrogen (secondary N) is 1. The SMILES string of the molecule is O=C(O)C[C@H]1CC[C@@H](Oc2ncc(-c3ccc(-c4nnc(-c5ccccc5)[nH]4)cn3)cn2)CC1. The molecule has 34 heavy (non-hydrogen) atoms. The molecule has 0 spiro atoms. The van der Waals surface area contributed by atoms with E-state index in [4.69, 9.17) is 9.84 Å². The maximum atomic E-state index is 10.9. The quantitative estimate of drug-likeness (QED) is 0.419. The highest BCUT2D eigenvalue weighted by Crippen LogP contribution is 2.29. The van der Waals surface area contributed by atoms with E-state index in [1.54, 1.807) is 18.6 Å². The predicted octanol–water partition coefficient (Wildman–Crippen LogP) is 4.40. The van der Waals surface area contributed by atoms with Gasteiger partial charge in [0, 0.05) is 41.7 Å². The molecule has 2 N–H and O–H groups in total. The Balaban J connectivity index is 1.20. The number of hydrogen-bond acceptors (Lipinski definition) is 7. The number of aliphatic carboxylic acids is 1. The molecule has 1 aliphatic rings. The third-order valence-electron chi connectivity index (χ3n) is 6.02. The summed E-state index contributed by atoms with van der Waals surface area (Å²) in [5, 5.41) is 17.4. The van der Waals surface area contributed by atoms with Crippen LogP contribution in [-0.4, -0.2) is 47.3 Å². The van der Waals surface area contributed by atoms with Gasteiger partial charge >= 0.3 is 12.0 Å². The van der Waals surface area contributed by atoms with E-state index in [1.807, 2.05) is 42.5 Å². The Bertz CT molecular complexity index is 1230. The fraction of sp³-hybridized carbons (Fsp3) is 0.280. The molecule has 1 saturated carbocycles.